The van der Waals surface area contributed by atoms with Gasteiger partial charge < -0.3 is 14.6 Å². The number of aliphatic hydroxyl groups is 1. The zero-order chi connectivity index (χ0) is 57.6. The van der Waals surface area contributed by atoms with Crippen molar-refractivity contribution in [3.05, 3.63) is 97.2 Å². The minimum absolute atomic E-state index is 0.0648. The van der Waals surface area contributed by atoms with Gasteiger partial charge in [-0.3, -0.25) is 9.59 Å². The average Bonchev–Trinajstić information content (AvgIpc) is 3.46. The van der Waals surface area contributed by atoms with E-state index in [0.717, 1.165) is 89.9 Å². The Labute approximate surface area is 498 Å². The first kappa shape index (κ1) is 76.8. The molecule has 0 saturated heterocycles. The molecule has 0 aromatic carbocycles. The fraction of sp³-hybridized carbons (Fsp3) is 0.760. The van der Waals surface area contributed by atoms with Crippen molar-refractivity contribution in [2.75, 3.05) is 13.2 Å². The van der Waals surface area contributed by atoms with Gasteiger partial charge in [0.25, 0.3) is 0 Å². The van der Waals surface area contributed by atoms with E-state index in [2.05, 4.69) is 111 Å². The van der Waals surface area contributed by atoms with Crippen LogP contribution < -0.4 is 0 Å². The molecule has 0 heterocycles. The van der Waals surface area contributed by atoms with Gasteiger partial charge in [0.15, 0.2) is 6.10 Å². The lowest BCUT2D eigenvalue weighted by Crippen LogP contribution is -2.28. The molecule has 1 N–H and O–H groups in total. The molecule has 0 rings (SSSR count). The van der Waals surface area contributed by atoms with Gasteiger partial charge in [-0.2, -0.15) is 0 Å². The van der Waals surface area contributed by atoms with Crippen molar-refractivity contribution in [3.8, 4) is 0 Å². The number of carbonyl (C=O) groups excluding carboxylic acids is 2. The van der Waals surface area contributed by atoms with Crippen LogP contribution in [0.2, 0.25) is 0 Å². The van der Waals surface area contributed by atoms with Crippen LogP contribution in [0.1, 0.15) is 348 Å². The summed E-state index contributed by atoms with van der Waals surface area (Å²) in [4.78, 5) is 24.6. The lowest BCUT2D eigenvalue weighted by molar-refractivity contribution is -0.161. The van der Waals surface area contributed by atoms with Crippen LogP contribution in [-0.2, 0) is 19.1 Å². The molecular formula is C75H132O5. The molecule has 0 aliphatic carbocycles. The molecule has 0 radical (unpaired) electrons. The number of ether oxygens (including phenoxy) is 2. The standard InChI is InChI=1S/C75H132O5/c1-3-5-7-9-11-13-15-17-19-21-23-25-27-29-31-32-33-34-35-36-37-38-39-40-41-42-44-46-48-50-52-54-56-58-60-62-64-66-68-70-75(78)80-73(71-76)72-79-74(77)69-67-65-63-61-59-57-55-53-51-49-47-45-43-30-28-26-24-22-20-18-16-14-12-10-8-6-4-2/h5-8,11-14,17-20,23-26,73,76H,3-4,9-10,15-16,21-22,27-72H2,1-2H3/b7-5-,8-6-,13-11-,14-12-,19-17-,20-18-,25-23-,26-24-. The van der Waals surface area contributed by atoms with Crippen molar-refractivity contribution >= 4 is 11.9 Å². The SMILES string of the molecule is CC/C=C\C/C=C\C/C=C\C/C=C\CCCCCCCCCCCCCCCCCCCCCCCCCCCCC(=O)OC(CO)COC(=O)CCCCCCCCCCCCCCCC/C=C\C/C=C\C/C=C\C/C=C\CC. The molecule has 0 bridgehead atoms. The molecule has 1 atom stereocenters. The lowest BCUT2D eigenvalue weighted by Gasteiger charge is -2.15. The maximum absolute atomic E-state index is 12.4. The Bertz CT molecular complexity index is 1500. The number of unbranched alkanes of at least 4 members (excludes halogenated alkanes) is 40. The number of hydrogen-bond acceptors (Lipinski definition) is 5. The highest BCUT2D eigenvalue weighted by atomic mass is 16.6. The average molecular weight is 1110 g/mol. The highest BCUT2D eigenvalue weighted by molar-refractivity contribution is 5.70. The van der Waals surface area contributed by atoms with E-state index >= 15 is 0 Å². The molecule has 0 aromatic rings. The third-order valence-corrected chi connectivity index (χ3v) is 15.4. The first-order chi connectivity index (χ1) is 39.6. The number of allylic oxidation sites excluding steroid dienone is 16. The Hall–Kier alpha value is -3.18. The Morgan fingerprint density at radius 2 is 0.500 bits per heavy atom. The van der Waals surface area contributed by atoms with Crippen LogP contribution in [-0.4, -0.2) is 36.4 Å². The summed E-state index contributed by atoms with van der Waals surface area (Å²) in [6.45, 7) is 3.95. The Balaban J connectivity index is 3.40. The van der Waals surface area contributed by atoms with Crippen molar-refractivity contribution in [1.29, 1.82) is 0 Å². The van der Waals surface area contributed by atoms with Gasteiger partial charge in [-0.15, -0.1) is 0 Å². The molecule has 462 valence electrons. The number of rotatable bonds is 64. The Morgan fingerprint density at radius 1 is 0.287 bits per heavy atom. The van der Waals surface area contributed by atoms with Crippen LogP contribution in [0, 0.1) is 0 Å². The summed E-state index contributed by atoms with van der Waals surface area (Å²) in [5, 5.41) is 9.70. The van der Waals surface area contributed by atoms with Gasteiger partial charge in [0.2, 0.25) is 0 Å². The summed E-state index contributed by atoms with van der Waals surface area (Å²) in [5.74, 6) is -0.576. The molecule has 0 amide bonds. The molecule has 5 nitrogen and oxygen atoms in total. The second kappa shape index (κ2) is 70.1. The molecule has 1 unspecified atom stereocenters. The fourth-order valence-corrected chi connectivity index (χ4v) is 10.2. The van der Waals surface area contributed by atoms with Gasteiger partial charge in [0.05, 0.1) is 6.61 Å². The summed E-state index contributed by atoms with van der Waals surface area (Å²) in [7, 11) is 0. The fourth-order valence-electron chi connectivity index (χ4n) is 10.2. The zero-order valence-electron chi connectivity index (χ0n) is 53.1. The summed E-state index contributed by atoms with van der Waals surface area (Å²) in [6, 6.07) is 0. The third-order valence-electron chi connectivity index (χ3n) is 15.4. The molecule has 0 spiro atoms. The van der Waals surface area contributed by atoms with E-state index in [9.17, 15) is 14.7 Å². The van der Waals surface area contributed by atoms with Crippen molar-refractivity contribution in [2.24, 2.45) is 0 Å². The third kappa shape index (κ3) is 67.3. The quantitative estimate of drug-likeness (QED) is 0.0373. The van der Waals surface area contributed by atoms with Crippen LogP contribution in [0.25, 0.3) is 0 Å². The maximum Gasteiger partial charge on any atom is 0.306 e. The lowest BCUT2D eigenvalue weighted by atomic mass is 10.0. The minimum Gasteiger partial charge on any atom is -0.462 e. The van der Waals surface area contributed by atoms with Crippen LogP contribution in [0.3, 0.4) is 0 Å². The summed E-state index contributed by atoms with van der Waals surface area (Å²) in [6.07, 6.45) is 100. The van der Waals surface area contributed by atoms with Gasteiger partial charge in [-0.25, -0.2) is 0 Å². The summed E-state index contributed by atoms with van der Waals surface area (Å²) < 4.78 is 10.8. The smallest absolute Gasteiger partial charge is 0.306 e. The summed E-state index contributed by atoms with van der Waals surface area (Å²) >= 11 is 0. The molecule has 0 aromatic heterocycles. The van der Waals surface area contributed by atoms with Crippen LogP contribution >= 0.6 is 0 Å². The zero-order valence-corrected chi connectivity index (χ0v) is 53.1. The Morgan fingerprint density at radius 3 is 0.750 bits per heavy atom. The van der Waals surface area contributed by atoms with Crippen molar-refractivity contribution in [3.63, 3.8) is 0 Å². The van der Waals surface area contributed by atoms with Gasteiger partial charge in [-0.05, 0) is 89.9 Å². The first-order valence-corrected chi connectivity index (χ1v) is 34.8. The van der Waals surface area contributed by atoms with Crippen LogP contribution in [0.4, 0.5) is 0 Å². The van der Waals surface area contributed by atoms with E-state index in [1.807, 2.05) is 0 Å². The predicted octanol–water partition coefficient (Wildman–Crippen LogP) is 24.2. The van der Waals surface area contributed by atoms with Crippen molar-refractivity contribution in [2.45, 2.75) is 354 Å². The number of aliphatic hydroxyl groups excluding tert-OH is 1. The van der Waals surface area contributed by atoms with Crippen LogP contribution in [0.15, 0.2) is 97.2 Å². The monoisotopic (exact) mass is 1110 g/mol. The first-order valence-electron chi connectivity index (χ1n) is 34.8. The molecule has 0 fully saturated rings. The van der Waals surface area contributed by atoms with Crippen LogP contribution in [0.5, 0.6) is 0 Å². The molecule has 5 heteroatoms. The van der Waals surface area contributed by atoms with E-state index in [0.29, 0.717) is 12.8 Å². The normalized spacial score (nSPS) is 12.8. The van der Waals surface area contributed by atoms with E-state index in [1.54, 1.807) is 0 Å². The molecule has 80 heavy (non-hydrogen) atoms. The molecular weight excluding hydrogens is 981 g/mol. The van der Waals surface area contributed by atoms with E-state index in [-0.39, 0.29) is 25.2 Å². The second-order valence-corrected chi connectivity index (χ2v) is 23.2. The Kier molecular flexibility index (Phi) is 67.3. The highest BCUT2D eigenvalue weighted by Gasteiger charge is 2.16. The van der Waals surface area contributed by atoms with E-state index in [4.69, 9.17) is 9.47 Å². The number of esters is 2. The number of carbonyl (C=O) groups is 2. The van der Waals surface area contributed by atoms with Gasteiger partial charge in [0.1, 0.15) is 6.61 Å². The van der Waals surface area contributed by atoms with Crippen molar-refractivity contribution < 1.29 is 24.2 Å². The predicted molar refractivity (Wildman–Crippen MR) is 352 cm³/mol. The van der Waals surface area contributed by atoms with E-state index < -0.39 is 6.10 Å². The molecule has 0 aliphatic heterocycles. The topological polar surface area (TPSA) is 72.8 Å². The van der Waals surface area contributed by atoms with Crippen molar-refractivity contribution in [1.82, 2.24) is 0 Å². The molecule has 0 saturated carbocycles. The summed E-state index contributed by atoms with van der Waals surface area (Å²) in [5.41, 5.74) is 0. The van der Waals surface area contributed by atoms with Gasteiger partial charge in [-0.1, -0.05) is 342 Å². The number of hydrogen-bond donors (Lipinski definition) is 1. The molecule has 0 aliphatic rings. The highest BCUT2D eigenvalue weighted by Crippen LogP contribution is 2.18. The minimum atomic E-state index is -0.775. The maximum atomic E-state index is 12.4. The van der Waals surface area contributed by atoms with Gasteiger partial charge in [0, 0.05) is 12.8 Å². The van der Waals surface area contributed by atoms with E-state index in [1.165, 1.54) is 231 Å². The second-order valence-electron chi connectivity index (χ2n) is 23.2. The largest absolute Gasteiger partial charge is 0.462 e. The van der Waals surface area contributed by atoms with Gasteiger partial charge >= 0.3 is 11.9 Å².